The first-order valence-corrected chi connectivity index (χ1v) is 10.4. The number of carbonyl (C=O) groups excluding carboxylic acids is 2. The number of rotatable bonds is 7. The molecule has 1 fully saturated rings. The van der Waals surface area contributed by atoms with Crippen LogP contribution in [0.5, 0.6) is 11.5 Å². The molecule has 7 heteroatoms. The third-order valence-electron chi connectivity index (χ3n) is 5.33. The van der Waals surface area contributed by atoms with E-state index in [0.717, 1.165) is 11.1 Å². The Bertz CT molecular complexity index is 877. The molecule has 0 N–H and O–H groups in total. The standard InChI is InChI=1S/C23H27ClN2O4/c1-29-20-9-5-17(15-21(20)30-2)6-10-22(27)25-11-13-26(14-12-25)23(28)16-18-3-7-19(24)8-4-18/h3-5,7-9,15H,6,10-14,16H2,1-2H3. The van der Waals surface area contributed by atoms with Gasteiger partial charge in [-0.3, -0.25) is 9.59 Å². The number of carbonyl (C=O) groups is 2. The van der Waals surface area contributed by atoms with E-state index in [1.807, 2.05) is 40.1 Å². The lowest BCUT2D eigenvalue weighted by atomic mass is 10.1. The van der Waals surface area contributed by atoms with Crippen LogP contribution in [0.2, 0.25) is 5.02 Å². The lowest BCUT2D eigenvalue weighted by Crippen LogP contribution is -2.51. The van der Waals surface area contributed by atoms with Gasteiger partial charge in [0.05, 0.1) is 20.6 Å². The average Bonchev–Trinajstić information content (AvgIpc) is 2.78. The number of ether oxygens (including phenoxy) is 2. The molecule has 160 valence electrons. The fourth-order valence-corrected chi connectivity index (χ4v) is 3.67. The van der Waals surface area contributed by atoms with E-state index in [0.29, 0.717) is 62.0 Å². The summed E-state index contributed by atoms with van der Waals surface area (Å²) in [6.45, 7) is 2.26. The number of hydrogen-bond donors (Lipinski definition) is 0. The molecule has 1 saturated heterocycles. The topological polar surface area (TPSA) is 59.1 Å². The molecule has 30 heavy (non-hydrogen) atoms. The van der Waals surface area contributed by atoms with E-state index >= 15 is 0 Å². The van der Waals surface area contributed by atoms with E-state index in [4.69, 9.17) is 21.1 Å². The maximum Gasteiger partial charge on any atom is 0.227 e. The number of halogens is 1. The van der Waals surface area contributed by atoms with Gasteiger partial charge in [0, 0.05) is 37.6 Å². The van der Waals surface area contributed by atoms with Gasteiger partial charge in [0.2, 0.25) is 11.8 Å². The van der Waals surface area contributed by atoms with Crippen molar-refractivity contribution < 1.29 is 19.1 Å². The summed E-state index contributed by atoms with van der Waals surface area (Å²) >= 11 is 5.89. The molecule has 2 amide bonds. The molecule has 0 radical (unpaired) electrons. The van der Waals surface area contributed by atoms with Crippen molar-refractivity contribution in [1.29, 1.82) is 0 Å². The Hall–Kier alpha value is -2.73. The van der Waals surface area contributed by atoms with E-state index in [9.17, 15) is 9.59 Å². The van der Waals surface area contributed by atoms with Gasteiger partial charge in [-0.05, 0) is 41.8 Å². The molecule has 2 aromatic carbocycles. The van der Waals surface area contributed by atoms with Crippen LogP contribution in [0.4, 0.5) is 0 Å². The van der Waals surface area contributed by atoms with Gasteiger partial charge in [0.25, 0.3) is 0 Å². The van der Waals surface area contributed by atoms with Crippen LogP contribution >= 0.6 is 11.6 Å². The molecule has 0 atom stereocenters. The molecule has 0 aliphatic carbocycles. The Morgan fingerprint density at radius 2 is 1.40 bits per heavy atom. The summed E-state index contributed by atoms with van der Waals surface area (Å²) in [7, 11) is 3.20. The number of nitrogens with zero attached hydrogens (tertiary/aromatic N) is 2. The molecule has 0 bridgehead atoms. The second-order valence-electron chi connectivity index (χ2n) is 7.25. The van der Waals surface area contributed by atoms with E-state index in [1.54, 1.807) is 26.4 Å². The van der Waals surface area contributed by atoms with Gasteiger partial charge >= 0.3 is 0 Å². The zero-order valence-electron chi connectivity index (χ0n) is 17.4. The maximum atomic E-state index is 12.6. The second kappa shape index (κ2) is 10.3. The van der Waals surface area contributed by atoms with Gasteiger partial charge in [-0.15, -0.1) is 0 Å². The Labute approximate surface area is 182 Å². The van der Waals surface area contributed by atoms with Crippen LogP contribution in [0, 0.1) is 0 Å². The largest absolute Gasteiger partial charge is 0.493 e. The van der Waals surface area contributed by atoms with Crippen molar-refractivity contribution in [2.45, 2.75) is 19.3 Å². The number of hydrogen-bond acceptors (Lipinski definition) is 4. The lowest BCUT2D eigenvalue weighted by molar-refractivity contribution is -0.139. The smallest absolute Gasteiger partial charge is 0.227 e. The molecule has 6 nitrogen and oxygen atoms in total. The van der Waals surface area contributed by atoms with E-state index in [2.05, 4.69) is 0 Å². The lowest BCUT2D eigenvalue weighted by Gasteiger charge is -2.35. The van der Waals surface area contributed by atoms with Crippen LogP contribution in [0.25, 0.3) is 0 Å². The first kappa shape index (κ1) is 22.0. The van der Waals surface area contributed by atoms with Crippen LogP contribution in [0.1, 0.15) is 17.5 Å². The number of aryl methyl sites for hydroxylation is 1. The van der Waals surface area contributed by atoms with Crippen LogP contribution in [-0.2, 0) is 22.4 Å². The highest BCUT2D eigenvalue weighted by atomic mass is 35.5. The highest BCUT2D eigenvalue weighted by Crippen LogP contribution is 2.28. The predicted molar refractivity (Wildman–Crippen MR) is 116 cm³/mol. The molecular formula is C23H27ClN2O4. The Kier molecular flexibility index (Phi) is 7.57. The minimum atomic E-state index is 0.0785. The first-order chi connectivity index (χ1) is 14.5. The minimum Gasteiger partial charge on any atom is -0.493 e. The third-order valence-corrected chi connectivity index (χ3v) is 5.58. The Morgan fingerprint density at radius 1 is 0.833 bits per heavy atom. The molecular weight excluding hydrogens is 404 g/mol. The zero-order chi connectivity index (χ0) is 21.5. The molecule has 2 aromatic rings. The van der Waals surface area contributed by atoms with Crippen LogP contribution < -0.4 is 9.47 Å². The number of piperazine rings is 1. The van der Waals surface area contributed by atoms with Gasteiger partial charge in [-0.25, -0.2) is 0 Å². The average molecular weight is 431 g/mol. The summed E-state index contributed by atoms with van der Waals surface area (Å²) in [5.41, 5.74) is 1.97. The molecule has 0 saturated carbocycles. The van der Waals surface area contributed by atoms with E-state index in [-0.39, 0.29) is 11.8 Å². The molecule has 0 aromatic heterocycles. The summed E-state index contributed by atoms with van der Waals surface area (Å²) in [5.74, 6) is 1.52. The Morgan fingerprint density at radius 3 is 2.00 bits per heavy atom. The van der Waals surface area contributed by atoms with Crippen LogP contribution in [-0.4, -0.2) is 62.0 Å². The van der Waals surface area contributed by atoms with Gasteiger partial charge < -0.3 is 19.3 Å². The number of methoxy groups -OCH3 is 2. The molecule has 0 unspecified atom stereocenters. The van der Waals surface area contributed by atoms with Gasteiger partial charge in [0.15, 0.2) is 11.5 Å². The van der Waals surface area contributed by atoms with Gasteiger partial charge in [-0.1, -0.05) is 29.8 Å². The molecule has 3 rings (SSSR count). The minimum absolute atomic E-state index is 0.0785. The quantitative estimate of drug-likeness (QED) is 0.676. The van der Waals surface area contributed by atoms with Gasteiger partial charge in [-0.2, -0.15) is 0 Å². The molecule has 1 aliphatic rings. The third kappa shape index (κ3) is 5.66. The van der Waals surface area contributed by atoms with Crippen molar-refractivity contribution in [1.82, 2.24) is 9.80 Å². The highest BCUT2D eigenvalue weighted by Gasteiger charge is 2.24. The summed E-state index contributed by atoms with van der Waals surface area (Å²) < 4.78 is 10.6. The summed E-state index contributed by atoms with van der Waals surface area (Å²) in [5, 5.41) is 0.659. The fourth-order valence-electron chi connectivity index (χ4n) is 3.54. The van der Waals surface area contributed by atoms with Crippen molar-refractivity contribution in [3.05, 3.63) is 58.6 Å². The maximum absolute atomic E-state index is 12.6. The summed E-state index contributed by atoms with van der Waals surface area (Å²) in [6, 6.07) is 13.0. The van der Waals surface area contributed by atoms with Crippen LogP contribution in [0.3, 0.4) is 0 Å². The molecule has 1 aliphatic heterocycles. The van der Waals surface area contributed by atoms with Gasteiger partial charge in [0.1, 0.15) is 0 Å². The molecule has 1 heterocycles. The van der Waals surface area contributed by atoms with Crippen LogP contribution in [0.15, 0.2) is 42.5 Å². The predicted octanol–water partition coefficient (Wildman–Crippen LogP) is 3.20. The Balaban J connectivity index is 1.45. The van der Waals surface area contributed by atoms with Crippen molar-refractivity contribution in [2.24, 2.45) is 0 Å². The second-order valence-corrected chi connectivity index (χ2v) is 7.69. The van der Waals surface area contributed by atoms with Crippen molar-refractivity contribution in [2.75, 3.05) is 40.4 Å². The zero-order valence-corrected chi connectivity index (χ0v) is 18.2. The summed E-state index contributed by atoms with van der Waals surface area (Å²) in [6.07, 6.45) is 1.41. The SMILES string of the molecule is COc1ccc(CCC(=O)N2CCN(C(=O)Cc3ccc(Cl)cc3)CC2)cc1OC. The number of benzene rings is 2. The highest BCUT2D eigenvalue weighted by molar-refractivity contribution is 6.30. The first-order valence-electron chi connectivity index (χ1n) is 10.0. The van der Waals surface area contributed by atoms with Crippen molar-refractivity contribution in [3.63, 3.8) is 0 Å². The number of amides is 2. The van der Waals surface area contributed by atoms with Crippen molar-refractivity contribution in [3.8, 4) is 11.5 Å². The van der Waals surface area contributed by atoms with E-state index in [1.165, 1.54) is 0 Å². The fraction of sp³-hybridized carbons (Fsp3) is 0.391. The molecule has 0 spiro atoms. The normalized spacial score (nSPS) is 13.8. The monoisotopic (exact) mass is 430 g/mol. The summed E-state index contributed by atoms with van der Waals surface area (Å²) in [4.78, 5) is 28.8. The van der Waals surface area contributed by atoms with Crippen molar-refractivity contribution >= 4 is 23.4 Å². The van der Waals surface area contributed by atoms with E-state index < -0.39 is 0 Å².